The van der Waals surface area contributed by atoms with Gasteiger partial charge in [-0.15, -0.1) is 11.6 Å². The van der Waals surface area contributed by atoms with Gasteiger partial charge in [0.2, 0.25) is 0 Å². The third-order valence-electron chi connectivity index (χ3n) is 3.35. The van der Waals surface area contributed by atoms with Crippen LogP contribution in [0.5, 0.6) is 5.75 Å². The highest BCUT2D eigenvalue weighted by Gasteiger charge is 2.41. The molecule has 3 nitrogen and oxygen atoms in total. The summed E-state index contributed by atoms with van der Waals surface area (Å²) < 4.78 is 5.54. The van der Waals surface area contributed by atoms with Crippen molar-refractivity contribution < 1.29 is 9.53 Å². The molecule has 1 aromatic carbocycles. The molecular weight excluding hydrogens is 262 g/mol. The van der Waals surface area contributed by atoms with E-state index in [4.69, 9.17) is 16.3 Å². The maximum atomic E-state index is 12.0. The molecular formula is C15H20ClNO2. The SMILES string of the molecule is CC(C)Oc1ccc(C(=O)NCC2(CCl)CC2)cc1. The standard InChI is InChI=1S/C15H20ClNO2/c1-11(2)19-13-5-3-12(4-6-13)14(18)17-10-15(9-16)7-8-15/h3-6,11H,7-10H2,1-2H3,(H,17,18). The van der Waals surface area contributed by atoms with Crippen LogP contribution in [0.3, 0.4) is 0 Å². The number of carbonyl (C=O) groups excluding carboxylic acids is 1. The Hall–Kier alpha value is -1.22. The summed E-state index contributed by atoms with van der Waals surface area (Å²) >= 11 is 5.89. The van der Waals surface area contributed by atoms with Gasteiger partial charge in [-0.3, -0.25) is 4.79 Å². The second-order valence-corrected chi connectivity index (χ2v) is 5.77. The fourth-order valence-corrected chi connectivity index (χ4v) is 2.22. The monoisotopic (exact) mass is 281 g/mol. The Morgan fingerprint density at radius 2 is 2.00 bits per heavy atom. The number of halogens is 1. The van der Waals surface area contributed by atoms with Crippen LogP contribution in [-0.4, -0.2) is 24.4 Å². The van der Waals surface area contributed by atoms with Crippen LogP contribution >= 0.6 is 11.6 Å². The largest absolute Gasteiger partial charge is 0.491 e. The van der Waals surface area contributed by atoms with Crippen molar-refractivity contribution in [2.75, 3.05) is 12.4 Å². The minimum absolute atomic E-state index is 0.0486. The van der Waals surface area contributed by atoms with Gasteiger partial charge in [0.15, 0.2) is 0 Å². The van der Waals surface area contributed by atoms with Gasteiger partial charge in [-0.2, -0.15) is 0 Å². The molecule has 104 valence electrons. The second-order valence-electron chi connectivity index (χ2n) is 5.51. The van der Waals surface area contributed by atoms with E-state index in [1.165, 1.54) is 0 Å². The van der Waals surface area contributed by atoms with Crippen LogP contribution in [0, 0.1) is 5.41 Å². The van der Waals surface area contributed by atoms with Crippen LogP contribution in [0.25, 0.3) is 0 Å². The molecule has 1 aliphatic carbocycles. The van der Waals surface area contributed by atoms with E-state index >= 15 is 0 Å². The fraction of sp³-hybridized carbons (Fsp3) is 0.533. The van der Waals surface area contributed by atoms with Crippen molar-refractivity contribution in [1.82, 2.24) is 5.32 Å². The van der Waals surface area contributed by atoms with Crippen molar-refractivity contribution in [2.24, 2.45) is 5.41 Å². The Kier molecular flexibility index (Phi) is 4.35. The van der Waals surface area contributed by atoms with Gasteiger partial charge in [0, 0.05) is 23.4 Å². The van der Waals surface area contributed by atoms with Crippen LogP contribution in [-0.2, 0) is 0 Å². The number of ether oxygens (including phenoxy) is 1. The van der Waals surface area contributed by atoms with Gasteiger partial charge in [0.05, 0.1) is 6.10 Å². The summed E-state index contributed by atoms with van der Waals surface area (Å²) in [5.74, 6) is 1.35. The number of nitrogens with one attached hydrogen (secondary N) is 1. The third kappa shape index (κ3) is 3.87. The first-order valence-electron chi connectivity index (χ1n) is 6.66. The van der Waals surface area contributed by atoms with Crippen molar-refractivity contribution in [2.45, 2.75) is 32.8 Å². The first kappa shape index (κ1) is 14.2. The highest BCUT2D eigenvalue weighted by molar-refractivity contribution is 6.18. The summed E-state index contributed by atoms with van der Waals surface area (Å²) in [5.41, 5.74) is 0.805. The van der Waals surface area contributed by atoms with Gasteiger partial charge in [0.25, 0.3) is 5.91 Å². The smallest absolute Gasteiger partial charge is 0.251 e. The van der Waals surface area contributed by atoms with Crippen LogP contribution in [0.15, 0.2) is 24.3 Å². The second kappa shape index (κ2) is 5.83. The average Bonchev–Trinajstić information content (AvgIpc) is 3.17. The van der Waals surface area contributed by atoms with Gasteiger partial charge >= 0.3 is 0 Å². The third-order valence-corrected chi connectivity index (χ3v) is 3.92. The predicted molar refractivity (Wildman–Crippen MR) is 76.9 cm³/mol. The Balaban J connectivity index is 1.88. The number of rotatable bonds is 6. The van der Waals surface area contributed by atoms with E-state index in [0.717, 1.165) is 18.6 Å². The molecule has 1 aromatic rings. The zero-order valence-corrected chi connectivity index (χ0v) is 12.2. The molecule has 0 aromatic heterocycles. The summed E-state index contributed by atoms with van der Waals surface area (Å²) in [6.45, 7) is 4.61. The number of hydrogen-bond donors (Lipinski definition) is 1. The van der Waals surface area contributed by atoms with Gasteiger partial charge in [-0.05, 0) is 51.0 Å². The van der Waals surface area contributed by atoms with Gasteiger partial charge in [-0.1, -0.05) is 0 Å². The molecule has 0 bridgehead atoms. The molecule has 1 aliphatic rings. The lowest BCUT2D eigenvalue weighted by molar-refractivity contribution is 0.0946. The number of alkyl halides is 1. The highest BCUT2D eigenvalue weighted by Crippen LogP contribution is 2.45. The van der Waals surface area contributed by atoms with E-state index in [1.54, 1.807) is 12.1 Å². The number of benzene rings is 1. The number of carbonyl (C=O) groups is 1. The lowest BCUT2D eigenvalue weighted by Gasteiger charge is -2.13. The molecule has 0 aliphatic heterocycles. The van der Waals surface area contributed by atoms with Gasteiger partial charge in [-0.25, -0.2) is 0 Å². The molecule has 2 rings (SSSR count). The van der Waals surface area contributed by atoms with Crippen molar-refractivity contribution in [3.63, 3.8) is 0 Å². The van der Waals surface area contributed by atoms with Gasteiger partial charge < -0.3 is 10.1 Å². The first-order chi connectivity index (χ1) is 9.04. The average molecular weight is 282 g/mol. The molecule has 1 fully saturated rings. The first-order valence-corrected chi connectivity index (χ1v) is 7.19. The van der Waals surface area contributed by atoms with Gasteiger partial charge in [0.1, 0.15) is 5.75 Å². The summed E-state index contributed by atoms with van der Waals surface area (Å²) in [7, 11) is 0. The summed E-state index contributed by atoms with van der Waals surface area (Å²) in [6.07, 6.45) is 2.36. The Labute approximate surface area is 119 Å². The molecule has 0 spiro atoms. The number of amides is 1. The molecule has 19 heavy (non-hydrogen) atoms. The lowest BCUT2D eigenvalue weighted by Crippen LogP contribution is -2.30. The van der Waals surface area contributed by atoms with E-state index in [0.29, 0.717) is 18.0 Å². The maximum absolute atomic E-state index is 12.0. The minimum Gasteiger partial charge on any atom is -0.491 e. The van der Waals surface area contributed by atoms with E-state index in [2.05, 4.69) is 5.32 Å². The summed E-state index contributed by atoms with van der Waals surface area (Å²) in [4.78, 5) is 12.0. The van der Waals surface area contributed by atoms with E-state index in [1.807, 2.05) is 26.0 Å². The maximum Gasteiger partial charge on any atom is 0.251 e. The molecule has 1 saturated carbocycles. The highest BCUT2D eigenvalue weighted by atomic mass is 35.5. The molecule has 0 atom stereocenters. The van der Waals surface area contributed by atoms with Crippen LogP contribution in [0.4, 0.5) is 0 Å². The van der Waals surface area contributed by atoms with Crippen molar-refractivity contribution in [3.8, 4) is 5.75 Å². The van der Waals surface area contributed by atoms with Crippen LogP contribution in [0.1, 0.15) is 37.0 Å². The van der Waals surface area contributed by atoms with E-state index in [-0.39, 0.29) is 17.4 Å². The Morgan fingerprint density at radius 3 is 2.47 bits per heavy atom. The molecule has 0 unspecified atom stereocenters. The van der Waals surface area contributed by atoms with Crippen molar-refractivity contribution in [3.05, 3.63) is 29.8 Å². The lowest BCUT2D eigenvalue weighted by atomic mass is 10.1. The summed E-state index contributed by atoms with van der Waals surface area (Å²) in [6, 6.07) is 7.22. The quantitative estimate of drug-likeness (QED) is 0.813. The Bertz CT molecular complexity index is 438. The van der Waals surface area contributed by atoms with Crippen LogP contribution in [0.2, 0.25) is 0 Å². The molecule has 1 N–H and O–H groups in total. The zero-order chi connectivity index (χ0) is 13.9. The molecule has 4 heteroatoms. The fourth-order valence-electron chi connectivity index (χ4n) is 1.86. The van der Waals surface area contributed by atoms with E-state index < -0.39 is 0 Å². The van der Waals surface area contributed by atoms with E-state index in [9.17, 15) is 4.79 Å². The molecule has 1 amide bonds. The Morgan fingerprint density at radius 1 is 1.37 bits per heavy atom. The number of hydrogen-bond acceptors (Lipinski definition) is 2. The molecule has 0 saturated heterocycles. The van der Waals surface area contributed by atoms with Crippen molar-refractivity contribution >= 4 is 17.5 Å². The zero-order valence-electron chi connectivity index (χ0n) is 11.4. The topological polar surface area (TPSA) is 38.3 Å². The molecule has 0 radical (unpaired) electrons. The molecule has 0 heterocycles. The van der Waals surface area contributed by atoms with Crippen molar-refractivity contribution in [1.29, 1.82) is 0 Å². The van der Waals surface area contributed by atoms with Crippen LogP contribution < -0.4 is 10.1 Å². The summed E-state index contributed by atoms with van der Waals surface area (Å²) in [5, 5.41) is 2.95. The predicted octanol–water partition coefficient (Wildman–Crippen LogP) is 3.22. The minimum atomic E-state index is -0.0486. The normalized spacial score (nSPS) is 16.2.